The number of hydrogen-bond donors (Lipinski definition) is 0. The standard InChI is InChI=1S/C17H22BrClO2/c18-11-13-4-5-16(15(19)10-13)20-12-14-6-9-17(21-14)7-2-1-3-8-17/h4-5,10,14H,1-3,6-9,11-12H2. The van der Waals surface area contributed by atoms with Gasteiger partial charge in [-0.15, -0.1) is 0 Å². The molecule has 0 amide bonds. The second-order valence-electron chi connectivity index (χ2n) is 6.23. The van der Waals surface area contributed by atoms with Crippen LogP contribution in [-0.4, -0.2) is 18.3 Å². The Morgan fingerprint density at radius 1 is 1.24 bits per heavy atom. The molecule has 1 spiro atoms. The fourth-order valence-electron chi connectivity index (χ4n) is 3.50. The summed E-state index contributed by atoms with van der Waals surface area (Å²) in [5, 5.41) is 1.48. The highest BCUT2D eigenvalue weighted by Crippen LogP contribution is 2.42. The summed E-state index contributed by atoms with van der Waals surface area (Å²) in [6.07, 6.45) is 8.96. The molecule has 1 heterocycles. The number of rotatable bonds is 4. The van der Waals surface area contributed by atoms with Crippen LogP contribution in [0, 0.1) is 0 Å². The molecule has 116 valence electrons. The molecule has 0 radical (unpaired) electrons. The Morgan fingerprint density at radius 3 is 2.76 bits per heavy atom. The highest BCUT2D eigenvalue weighted by atomic mass is 79.9. The Balaban J connectivity index is 1.54. The van der Waals surface area contributed by atoms with E-state index in [0.717, 1.165) is 23.1 Å². The van der Waals surface area contributed by atoms with Crippen LogP contribution in [0.3, 0.4) is 0 Å². The van der Waals surface area contributed by atoms with E-state index in [-0.39, 0.29) is 11.7 Å². The summed E-state index contributed by atoms with van der Waals surface area (Å²) in [5.74, 6) is 0.759. The zero-order chi connectivity index (χ0) is 14.7. The summed E-state index contributed by atoms with van der Waals surface area (Å²) in [7, 11) is 0. The van der Waals surface area contributed by atoms with Crippen LogP contribution in [0.2, 0.25) is 5.02 Å². The zero-order valence-corrected chi connectivity index (χ0v) is 14.6. The Kier molecular flexibility index (Phi) is 5.13. The monoisotopic (exact) mass is 372 g/mol. The second kappa shape index (κ2) is 6.89. The van der Waals surface area contributed by atoms with Gasteiger partial charge in [0.2, 0.25) is 0 Å². The highest BCUT2D eigenvalue weighted by Gasteiger charge is 2.40. The van der Waals surface area contributed by atoms with Crippen molar-refractivity contribution in [2.45, 2.75) is 62.0 Å². The number of benzene rings is 1. The first-order valence-corrected chi connectivity index (χ1v) is 9.36. The summed E-state index contributed by atoms with van der Waals surface area (Å²) >= 11 is 9.68. The predicted octanol–water partition coefficient (Wildman–Crippen LogP) is 5.50. The minimum Gasteiger partial charge on any atom is -0.489 e. The van der Waals surface area contributed by atoms with E-state index in [2.05, 4.69) is 15.9 Å². The molecule has 0 N–H and O–H groups in total. The summed E-state index contributed by atoms with van der Waals surface area (Å²) in [6, 6.07) is 5.93. The fourth-order valence-corrected chi connectivity index (χ4v) is 4.11. The summed E-state index contributed by atoms with van der Waals surface area (Å²) in [6.45, 7) is 0.606. The third kappa shape index (κ3) is 3.75. The van der Waals surface area contributed by atoms with Crippen molar-refractivity contribution in [1.82, 2.24) is 0 Å². The lowest BCUT2D eigenvalue weighted by Crippen LogP contribution is -2.32. The van der Waals surface area contributed by atoms with E-state index in [0.29, 0.717) is 11.6 Å². The van der Waals surface area contributed by atoms with Crippen LogP contribution >= 0.6 is 27.5 Å². The van der Waals surface area contributed by atoms with E-state index in [1.807, 2.05) is 18.2 Å². The molecule has 3 rings (SSSR count). The van der Waals surface area contributed by atoms with Gasteiger partial charge in [-0.3, -0.25) is 0 Å². The molecule has 1 saturated carbocycles. The normalized spacial score (nSPS) is 24.4. The van der Waals surface area contributed by atoms with Gasteiger partial charge in [0.15, 0.2) is 0 Å². The van der Waals surface area contributed by atoms with E-state index in [1.165, 1.54) is 38.5 Å². The van der Waals surface area contributed by atoms with Gasteiger partial charge in [-0.1, -0.05) is 52.9 Å². The van der Waals surface area contributed by atoms with Gasteiger partial charge in [0, 0.05) is 5.33 Å². The molecule has 1 atom stereocenters. The van der Waals surface area contributed by atoms with Crippen LogP contribution in [0.1, 0.15) is 50.5 Å². The average Bonchev–Trinajstić information content (AvgIpc) is 2.89. The third-order valence-electron chi connectivity index (χ3n) is 4.68. The average molecular weight is 374 g/mol. The van der Waals surface area contributed by atoms with Crippen LogP contribution in [0.5, 0.6) is 5.75 Å². The summed E-state index contributed by atoms with van der Waals surface area (Å²) in [4.78, 5) is 0. The SMILES string of the molecule is Clc1cc(CBr)ccc1OCC1CCC2(CCCCC2)O1. The molecule has 2 aliphatic rings. The van der Waals surface area contributed by atoms with Crippen molar-refractivity contribution in [2.75, 3.05) is 6.61 Å². The van der Waals surface area contributed by atoms with Crippen LogP contribution < -0.4 is 4.74 Å². The Morgan fingerprint density at radius 2 is 2.05 bits per heavy atom. The maximum absolute atomic E-state index is 6.32. The van der Waals surface area contributed by atoms with E-state index in [4.69, 9.17) is 21.1 Å². The molecule has 0 aromatic heterocycles. The molecular formula is C17H22BrClO2. The topological polar surface area (TPSA) is 18.5 Å². The second-order valence-corrected chi connectivity index (χ2v) is 7.20. The fraction of sp³-hybridized carbons (Fsp3) is 0.647. The molecule has 21 heavy (non-hydrogen) atoms. The van der Waals surface area contributed by atoms with Gasteiger partial charge in [0.25, 0.3) is 0 Å². The van der Waals surface area contributed by atoms with Gasteiger partial charge in [-0.2, -0.15) is 0 Å². The van der Waals surface area contributed by atoms with Crippen molar-refractivity contribution in [3.05, 3.63) is 28.8 Å². The van der Waals surface area contributed by atoms with Gasteiger partial charge >= 0.3 is 0 Å². The molecule has 1 aliphatic heterocycles. The molecule has 1 saturated heterocycles. The number of alkyl halides is 1. The van der Waals surface area contributed by atoms with Crippen LogP contribution in [-0.2, 0) is 10.1 Å². The first-order valence-electron chi connectivity index (χ1n) is 7.86. The summed E-state index contributed by atoms with van der Waals surface area (Å²) < 4.78 is 12.2. The lowest BCUT2D eigenvalue weighted by Gasteiger charge is -2.33. The van der Waals surface area contributed by atoms with Crippen molar-refractivity contribution < 1.29 is 9.47 Å². The number of halogens is 2. The zero-order valence-electron chi connectivity index (χ0n) is 12.2. The van der Waals surface area contributed by atoms with Crippen LogP contribution in [0.25, 0.3) is 0 Å². The molecule has 2 nitrogen and oxygen atoms in total. The molecule has 1 aromatic rings. The quantitative estimate of drug-likeness (QED) is 0.649. The molecule has 1 unspecified atom stereocenters. The molecule has 1 aliphatic carbocycles. The lowest BCUT2D eigenvalue weighted by molar-refractivity contribution is -0.0748. The van der Waals surface area contributed by atoms with E-state index < -0.39 is 0 Å². The van der Waals surface area contributed by atoms with E-state index >= 15 is 0 Å². The third-order valence-corrected chi connectivity index (χ3v) is 5.62. The van der Waals surface area contributed by atoms with Crippen LogP contribution in [0.4, 0.5) is 0 Å². The first-order chi connectivity index (χ1) is 10.2. The largest absolute Gasteiger partial charge is 0.489 e. The molecular weight excluding hydrogens is 352 g/mol. The lowest BCUT2D eigenvalue weighted by atomic mass is 9.83. The van der Waals surface area contributed by atoms with Gasteiger partial charge < -0.3 is 9.47 Å². The Labute approximate surface area is 140 Å². The van der Waals surface area contributed by atoms with Crippen molar-refractivity contribution in [3.8, 4) is 5.75 Å². The van der Waals surface area contributed by atoms with Gasteiger partial charge in [0.05, 0.1) is 16.7 Å². The molecule has 2 fully saturated rings. The smallest absolute Gasteiger partial charge is 0.138 e. The van der Waals surface area contributed by atoms with E-state index in [9.17, 15) is 0 Å². The van der Waals surface area contributed by atoms with Gasteiger partial charge in [0.1, 0.15) is 12.4 Å². The number of hydrogen-bond acceptors (Lipinski definition) is 2. The minimum absolute atomic E-state index is 0.163. The van der Waals surface area contributed by atoms with Crippen molar-refractivity contribution in [1.29, 1.82) is 0 Å². The van der Waals surface area contributed by atoms with Gasteiger partial charge in [-0.05, 0) is 43.4 Å². The molecule has 1 aromatic carbocycles. The molecule has 4 heteroatoms. The first kappa shape index (κ1) is 15.6. The highest BCUT2D eigenvalue weighted by molar-refractivity contribution is 9.08. The van der Waals surface area contributed by atoms with E-state index in [1.54, 1.807) is 0 Å². The van der Waals surface area contributed by atoms with Crippen LogP contribution in [0.15, 0.2) is 18.2 Å². The number of ether oxygens (including phenoxy) is 2. The van der Waals surface area contributed by atoms with Crippen molar-refractivity contribution >= 4 is 27.5 Å². The van der Waals surface area contributed by atoms with Crippen molar-refractivity contribution in [2.24, 2.45) is 0 Å². The van der Waals surface area contributed by atoms with Crippen molar-refractivity contribution in [3.63, 3.8) is 0 Å². The Bertz CT molecular complexity index is 486. The molecule has 0 bridgehead atoms. The summed E-state index contributed by atoms with van der Waals surface area (Å²) in [5.41, 5.74) is 1.32. The minimum atomic E-state index is 0.163. The predicted molar refractivity (Wildman–Crippen MR) is 89.5 cm³/mol. The van der Waals surface area contributed by atoms with Gasteiger partial charge in [-0.25, -0.2) is 0 Å². The maximum Gasteiger partial charge on any atom is 0.138 e. The maximum atomic E-state index is 6.32. The Hall–Kier alpha value is -0.250.